The second-order valence-corrected chi connectivity index (χ2v) is 4.02. The van der Waals surface area contributed by atoms with Crippen LogP contribution in [0.15, 0.2) is 12.1 Å². The van der Waals surface area contributed by atoms with E-state index in [1.54, 1.807) is 20.8 Å². The van der Waals surface area contributed by atoms with Crippen LogP contribution in [-0.2, 0) is 6.54 Å². The van der Waals surface area contributed by atoms with Gasteiger partial charge in [-0.3, -0.25) is 0 Å². The van der Waals surface area contributed by atoms with E-state index in [-0.39, 0.29) is 11.9 Å². The molecule has 0 amide bonds. The highest BCUT2D eigenvalue weighted by Crippen LogP contribution is 2.14. The van der Waals surface area contributed by atoms with Gasteiger partial charge in [0, 0.05) is 13.1 Å². The number of benzene rings is 1. The first-order chi connectivity index (χ1) is 7.00. The molecule has 1 aromatic rings. The fourth-order valence-corrected chi connectivity index (χ4v) is 1.56. The molecule has 84 valence electrons. The molecule has 1 rings (SSSR count). The van der Waals surface area contributed by atoms with Crippen LogP contribution in [0.1, 0.15) is 23.6 Å². The third-order valence-electron chi connectivity index (χ3n) is 2.27. The molecule has 1 atom stereocenters. The molecule has 0 saturated heterocycles. The van der Waals surface area contributed by atoms with Gasteiger partial charge in [0.25, 0.3) is 0 Å². The van der Waals surface area contributed by atoms with Crippen molar-refractivity contribution in [3.05, 3.63) is 34.6 Å². The van der Waals surface area contributed by atoms with Gasteiger partial charge in [0.1, 0.15) is 5.82 Å². The average molecular weight is 211 g/mol. The minimum Gasteiger partial charge on any atom is -0.392 e. The van der Waals surface area contributed by atoms with Crippen molar-refractivity contribution in [3.8, 4) is 0 Å². The van der Waals surface area contributed by atoms with Crippen molar-refractivity contribution in [2.45, 2.75) is 33.4 Å². The van der Waals surface area contributed by atoms with Gasteiger partial charge in [0.2, 0.25) is 0 Å². The van der Waals surface area contributed by atoms with Crippen LogP contribution >= 0.6 is 0 Å². The summed E-state index contributed by atoms with van der Waals surface area (Å²) in [6.45, 7) is 6.47. The minimum absolute atomic E-state index is 0.130. The molecule has 1 aromatic carbocycles. The van der Waals surface area contributed by atoms with Crippen molar-refractivity contribution in [2.75, 3.05) is 6.54 Å². The van der Waals surface area contributed by atoms with Crippen molar-refractivity contribution >= 4 is 0 Å². The molecule has 0 spiro atoms. The van der Waals surface area contributed by atoms with Crippen LogP contribution in [0.25, 0.3) is 0 Å². The highest BCUT2D eigenvalue weighted by atomic mass is 19.1. The number of aryl methyl sites for hydroxylation is 2. The number of rotatable bonds is 4. The molecule has 0 aliphatic rings. The zero-order valence-electron chi connectivity index (χ0n) is 9.47. The Kier molecular flexibility index (Phi) is 4.24. The quantitative estimate of drug-likeness (QED) is 0.797. The molecular weight excluding hydrogens is 193 g/mol. The molecule has 0 unspecified atom stereocenters. The highest BCUT2D eigenvalue weighted by Gasteiger charge is 2.04. The molecule has 0 aliphatic heterocycles. The van der Waals surface area contributed by atoms with Crippen LogP contribution in [0.3, 0.4) is 0 Å². The Bertz CT molecular complexity index is 313. The topological polar surface area (TPSA) is 32.3 Å². The summed E-state index contributed by atoms with van der Waals surface area (Å²) in [6.07, 6.45) is -0.354. The SMILES string of the molecule is Cc1cc(CNC[C@@H](C)O)cc(C)c1F. The lowest BCUT2D eigenvalue weighted by atomic mass is 10.1. The minimum atomic E-state index is -0.354. The Morgan fingerprint density at radius 3 is 2.33 bits per heavy atom. The van der Waals surface area contributed by atoms with Gasteiger partial charge in [-0.1, -0.05) is 12.1 Å². The Morgan fingerprint density at radius 2 is 1.87 bits per heavy atom. The van der Waals surface area contributed by atoms with Crippen LogP contribution < -0.4 is 5.32 Å². The van der Waals surface area contributed by atoms with Gasteiger partial charge in [-0.2, -0.15) is 0 Å². The van der Waals surface area contributed by atoms with Crippen molar-refractivity contribution in [2.24, 2.45) is 0 Å². The van der Waals surface area contributed by atoms with E-state index >= 15 is 0 Å². The molecule has 15 heavy (non-hydrogen) atoms. The number of hydrogen-bond donors (Lipinski definition) is 2. The number of hydrogen-bond acceptors (Lipinski definition) is 2. The molecule has 2 N–H and O–H groups in total. The summed E-state index contributed by atoms with van der Waals surface area (Å²) >= 11 is 0. The van der Waals surface area contributed by atoms with Gasteiger partial charge >= 0.3 is 0 Å². The molecule has 3 heteroatoms. The molecule has 0 bridgehead atoms. The van der Waals surface area contributed by atoms with E-state index < -0.39 is 0 Å². The summed E-state index contributed by atoms with van der Waals surface area (Å²) in [5.41, 5.74) is 2.39. The van der Waals surface area contributed by atoms with E-state index in [1.165, 1.54) is 0 Å². The van der Waals surface area contributed by atoms with Gasteiger partial charge in [-0.05, 0) is 37.5 Å². The van der Waals surface area contributed by atoms with E-state index in [0.717, 1.165) is 5.56 Å². The third kappa shape index (κ3) is 3.61. The van der Waals surface area contributed by atoms with Crippen LogP contribution in [0, 0.1) is 19.7 Å². The smallest absolute Gasteiger partial charge is 0.129 e. The predicted octanol–water partition coefficient (Wildman–Crippen LogP) is 1.91. The lowest BCUT2D eigenvalue weighted by molar-refractivity contribution is 0.191. The van der Waals surface area contributed by atoms with Crippen LogP contribution in [0.2, 0.25) is 0 Å². The number of nitrogens with one attached hydrogen (secondary N) is 1. The van der Waals surface area contributed by atoms with Crippen molar-refractivity contribution in [1.29, 1.82) is 0 Å². The summed E-state index contributed by atoms with van der Waals surface area (Å²) in [7, 11) is 0. The average Bonchev–Trinajstić information content (AvgIpc) is 2.13. The first-order valence-corrected chi connectivity index (χ1v) is 5.15. The van der Waals surface area contributed by atoms with Crippen molar-refractivity contribution in [1.82, 2.24) is 5.32 Å². The van der Waals surface area contributed by atoms with E-state index in [0.29, 0.717) is 24.2 Å². The zero-order valence-corrected chi connectivity index (χ0v) is 9.47. The van der Waals surface area contributed by atoms with Crippen molar-refractivity contribution < 1.29 is 9.50 Å². The van der Waals surface area contributed by atoms with Gasteiger partial charge < -0.3 is 10.4 Å². The van der Waals surface area contributed by atoms with Crippen LogP contribution in [0.4, 0.5) is 4.39 Å². The zero-order chi connectivity index (χ0) is 11.4. The Hall–Kier alpha value is -0.930. The van der Waals surface area contributed by atoms with Gasteiger partial charge in [0.15, 0.2) is 0 Å². The Balaban J connectivity index is 2.63. The van der Waals surface area contributed by atoms with Crippen LogP contribution in [0.5, 0.6) is 0 Å². The molecule has 0 fully saturated rings. The lowest BCUT2D eigenvalue weighted by Crippen LogP contribution is -2.23. The number of aliphatic hydroxyl groups excluding tert-OH is 1. The highest BCUT2D eigenvalue weighted by molar-refractivity contribution is 5.30. The van der Waals surface area contributed by atoms with E-state index in [4.69, 9.17) is 5.11 Å². The number of aliphatic hydroxyl groups is 1. The molecule has 0 saturated carbocycles. The van der Waals surface area contributed by atoms with E-state index in [9.17, 15) is 4.39 Å². The maximum Gasteiger partial charge on any atom is 0.129 e. The van der Waals surface area contributed by atoms with E-state index in [2.05, 4.69) is 5.32 Å². The first-order valence-electron chi connectivity index (χ1n) is 5.15. The van der Waals surface area contributed by atoms with Crippen molar-refractivity contribution in [3.63, 3.8) is 0 Å². The van der Waals surface area contributed by atoms with Crippen LogP contribution in [-0.4, -0.2) is 17.8 Å². The second kappa shape index (κ2) is 5.24. The molecule has 0 aromatic heterocycles. The largest absolute Gasteiger partial charge is 0.392 e. The molecule has 2 nitrogen and oxygen atoms in total. The second-order valence-electron chi connectivity index (χ2n) is 4.02. The number of halogens is 1. The molecule has 0 heterocycles. The Labute approximate surface area is 90.1 Å². The lowest BCUT2D eigenvalue weighted by Gasteiger charge is -2.09. The third-order valence-corrected chi connectivity index (χ3v) is 2.27. The maximum absolute atomic E-state index is 13.3. The molecule has 0 radical (unpaired) electrons. The Morgan fingerprint density at radius 1 is 1.33 bits per heavy atom. The van der Waals surface area contributed by atoms with Gasteiger partial charge in [-0.25, -0.2) is 4.39 Å². The predicted molar refractivity (Wildman–Crippen MR) is 59.3 cm³/mol. The van der Waals surface area contributed by atoms with Gasteiger partial charge in [-0.15, -0.1) is 0 Å². The monoisotopic (exact) mass is 211 g/mol. The summed E-state index contributed by atoms with van der Waals surface area (Å²) < 4.78 is 13.3. The fourth-order valence-electron chi connectivity index (χ4n) is 1.56. The summed E-state index contributed by atoms with van der Waals surface area (Å²) in [6, 6.07) is 3.66. The first kappa shape index (κ1) is 12.1. The summed E-state index contributed by atoms with van der Waals surface area (Å²) in [4.78, 5) is 0. The molecular formula is C12H18FNO. The molecule has 0 aliphatic carbocycles. The fraction of sp³-hybridized carbons (Fsp3) is 0.500. The van der Waals surface area contributed by atoms with Gasteiger partial charge in [0.05, 0.1) is 6.10 Å². The standard InChI is InChI=1S/C12H18FNO/c1-8-4-11(5-9(2)12(8)13)7-14-6-10(3)15/h4-5,10,14-15H,6-7H2,1-3H3/t10-/m1/s1. The maximum atomic E-state index is 13.3. The normalized spacial score (nSPS) is 12.9. The summed E-state index contributed by atoms with van der Waals surface area (Å²) in [5, 5.41) is 12.2. The summed E-state index contributed by atoms with van der Waals surface area (Å²) in [5.74, 6) is -0.130. The van der Waals surface area contributed by atoms with E-state index in [1.807, 2.05) is 12.1 Å².